The standard InChI is InChI=1S/C15H22N2OS/c1-12-4-2-6-14(8-12)17-15(18)11-19-10-13-5-3-7-16-9-13/h2,4,6,8,13,16H,3,5,7,9-11H2,1H3,(H,17,18). The Hall–Kier alpha value is -1.00. The fourth-order valence-corrected chi connectivity index (χ4v) is 3.30. The second kappa shape index (κ2) is 7.56. The van der Waals surface area contributed by atoms with E-state index in [4.69, 9.17) is 0 Å². The Labute approximate surface area is 119 Å². The average molecular weight is 278 g/mol. The van der Waals surface area contributed by atoms with Gasteiger partial charge in [-0.2, -0.15) is 11.8 Å². The minimum atomic E-state index is 0.0966. The van der Waals surface area contributed by atoms with Gasteiger partial charge in [-0.15, -0.1) is 0 Å². The van der Waals surface area contributed by atoms with Gasteiger partial charge < -0.3 is 10.6 Å². The van der Waals surface area contributed by atoms with E-state index in [2.05, 4.69) is 10.6 Å². The second-order valence-electron chi connectivity index (χ2n) is 5.15. The first-order valence-corrected chi connectivity index (χ1v) is 8.04. The van der Waals surface area contributed by atoms with Crippen molar-refractivity contribution in [3.63, 3.8) is 0 Å². The van der Waals surface area contributed by atoms with Gasteiger partial charge in [0.05, 0.1) is 5.75 Å². The van der Waals surface area contributed by atoms with Crippen molar-refractivity contribution >= 4 is 23.4 Å². The van der Waals surface area contributed by atoms with Crippen LogP contribution in [0.2, 0.25) is 0 Å². The molecule has 0 aromatic heterocycles. The Morgan fingerprint density at radius 3 is 3.16 bits per heavy atom. The van der Waals surface area contributed by atoms with Crippen LogP contribution in [0.5, 0.6) is 0 Å². The Morgan fingerprint density at radius 2 is 2.42 bits per heavy atom. The number of benzene rings is 1. The van der Waals surface area contributed by atoms with Crippen LogP contribution in [0, 0.1) is 12.8 Å². The minimum absolute atomic E-state index is 0.0966. The molecular formula is C15H22N2OS. The van der Waals surface area contributed by atoms with Gasteiger partial charge in [-0.05, 0) is 62.2 Å². The Bertz CT molecular complexity index is 416. The number of aryl methyl sites for hydroxylation is 1. The zero-order valence-corrected chi connectivity index (χ0v) is 12.3. The maximum atomic E-state index is 11.8. The molecule has 4 heteroatoms. The Kier molecular flexibility index (Phi) is 5.73. The van der Waals surface area contributed by atoms with E-state index in [0.29, 0.717) is 5.75 Å². The molecule has 1 aliphatic heterocycles. The summed E-state index contributed by atoms with van der Waals surface area (Å²) < 4.78 is 0. The quantitative estimate of drug-likeness (QED) is 0.870. The molecule has 1 saturated heterocycles. The largest absolute Gasteiger partial charge is 0.325 e. The molecule has 1 heterocycles. The summed E-state index contributed by atoms with van der Waals surface area (Å²) in [5, 5.41) is 6.35. The van der Waals surface area contributed by atoms with Crippen LogP contribution in [0.25, 0.3) is 0 Å². The highest BCUT2D eigenvalue weighted by molar-refractivity contribution is 7.99. The summed E-state index contributed by atoms with van der Waals surface area (Å²) in [4.78, 5) is 11.8. The van der Waals surface area contributed by atoms with Gasteiger partial charge >= 0.3 is 0 Å². The zero-order chi connectivity index (χ0) is 13.5. The molecular weight excluding hydrogens is 256 g/mol. The van der Waals surface area contributed by atoms with Crippen LogP contribution in [0.15, 0.2) is 24.3 Å². The topological polar surface area (TPSA) is 41.1 Å². The maximum Gasteiger partial charge on any atom is 0.234 e. The van der Waals surface area contributed by atoms with Gasteiger partial charge in [-0.1, -0.05) is 12.1 Å². The molecule has 2 rings (SSSR count). The van der Waals surface area contributed by atoms with E-state index in [1.54, 1.807) is 11.8 Å². The number of anilines is 1. The van der Waals surface area contributed by atoms with Gasteiger partial charge in [0.1, 0.15) is 0 Å². The molecule has 104 valence electrons. The van der Waals surface area contributed by atoms with E-state index in [0.717, 1.165) is 30.4 Å². The maximum absolute atomic E-state index is 11.8. The van der Waals surface area contributed by atoms with Gasteiger partial charge in [0.25, 0.3) is 0 Å². The van der Waals surface area contributed by atoms with Crippen molar-refractivity contribution in [1.82, 2.24) is 5.32 Å². The van der Waals surface area contributed by atoms with Crippen molar-refractivity contribution < 1.29 is 4.79 Å². The monoisotopic (exact) mass is 278 g/mol. The molecule has 1 aliphatic rings. The van der Waals surface area contributed by atoms with Gasteiger partial charge in [0.15, 0.2) is 0 Å². The number of hydrogen-bond donors (Lipinski definition) is 2. The molecule has 0 saturated carbocycles. The minimum Gasteiger partial charge on any atom is -0.325 e. The molecule has 1 unspecified atom stereocenters. The fourth-order valence-electron chi connectivity index (χ4n) is 2.30. The third-order valence-corrected chi connectivity index (χ3v) is 4.46. The smallest absolute Gasteiger partial charge is 0.234 e. The first-order chi connectivity index (χ1) is 9.24. The fraction of sp³-hybridized carbons (Fsp3) is 0.533. The predicted octanol–water partition coefficient (Wildman–Crippen LogP) is 2.67. The van der Waals surface area contributed by atoms with E-state index >= 15 is 0 Å². The molecule has 0 radical (unpaired) electrons. The van der Waals surface area contributed by atoms with E-state index in [1.165, 1.54) is 18.4 Å². The van der Waals surface area contributed by atoms with Gasteiger partial charge in [-0.3, -0.25) is 4.79 Å². The molecule has 0 spiro atoms. The third-order valence-electron chi connectivity index (χ3n) is 3.29. The average Bonchev–Trinajstić information content (AvgIpc) is 2.40. The van der Waals surface area contributed by atoms with Gasteiger partial charge in [-0.25, -0.2) is 0 Å². The molecule has 1 aromatic carbocycles. The molecule has 2 N–H and O–H groups in total. The normalized spacial score (nSPS) is 19.1. The zero-order valence-electron chi connectivity index (χ0n) is 11.4. The molecule has 3 nitrogen and oxygen atoms in total. The van der Waals surface area contributed by atoms with E-state index < -0.39 is 0 Å². The number of piperidine rings is 1. The highest BCUT2D eigenvalue weighted by Gasteiger charge is 2.13. The molecule has 19 heavy (non-hydrogen) atoms. The number of thioether (sulfide) groups is 1. The first-order valence-electron chi connectivity index (χ1n) is 6.89. The lowest BCUT2D eigenvalue weighted by molar-refractivity contribution is -0.113. The lowest BCUT2D eigenvalue weighted by Crippen LogP contribution is -2.31. The lowest BCUT2D eigenvalue weighted by Gasteiger charge is -2.22. The van der Waals surface area contributed by atoms with E-state index in [-0.39, 0.29) is 5.91 Å². The summed E-state index contributed by atoms with van der Waals surface area (Å²) in [6, 6.07) is 7.92. The van der Waals surface area contributed by atoms with Crippen molar-refractivity contribution in [2.24, 2.45) is 5.92 Å². The van der Waals surface area contributed by atoms with Crippen molar-refractivity contribution in [2.45, 2.75) is 19.8 Å². The Morgan fingerprint density at radius 1 is 1.53 bits per heavy atom. The van der Waals surface area contributed by atoms with Crippen LogP contribution in [0.1, 0.15) is 18.4 Å². The van der Waals surface area contributed by atoms with Crippen LogP contribution in [0.4, 0.5) is 5.69 Å². The summed E-state index contributed by atoms with van der Waals surface area (Å²) in [5.41, 5.74) is 2.06. The second-order valence-corrected chi connectivity index (χ2v) is 6.18. The number of rotatable bonds is 5. The summed E-state index contributed by atoms with van der Waals surface area (Å²) in [6.45, 7) is 4.28. The van der Waals surface area contributed by atoms with Gasteiger partial charge in [0, 0.05) is 5.69 Å². The van der Waals surface area contributed by atoms with Crippen LogP contribution in [-0.4, -0.2) is 30.5 Å². The Balaban J connectivity index is 1.67. The SMILES string of the molecule is Cc1cccc(NC(=O)CSCC2CCCNC2)c1. The van der Waals surface area contributed by atoms with Crippen molar-refractivity contribution in [2.75, 3.05) is 29.9 Å². The van der Waals surface area contributed by atoms with Gasteiger partial charge in [0.2, 0.25) is 5.91 Å². The molecule has 1 aromatic rings. The number of hydrogen-bond acceptors (Lipinski definition) is 3. The lowest BCUT2D eigenvalue weighted by atomic mass is 10.0. The van der Waals surface area contributed by atoms with E-state index in [9.17, 15) is 4.79 Å². The van der Waals surface area contributed by atoms with Crippen molar-refractivity contribution in [1.29, 1.82) is 0 Å². The number of amides is 1. The molecule has 1 atom stereocenters. The number of carbonyl (C=O) groups excluding carboxylic acids is 1. The highest BCUT2D eigenvalue weighted by atomic mass is 32.2. The highest BCUT2D eigenvalue weighted by Crippen LogP contribution is 2.17. The van der Waals surface area contributed by atoms with Crippen molar-refractivity contribution in [3.8, 4) is 0 Å². The summed E-state index contributed by atoms with van der Waals surface area (Å²) >= 11 is 1.74. The van der Waals surface area contributed by atoms with E-state index in [1.807, 2.05) is 31.2 Å². The molecule has 0 bridgehead atoms. The predicted molar refractivity (Wildman–Crippen MR) is 82.7 cm³/mol. The third kappa shape index (κ3) is 5.25. The first kappa shape index (κ1) is 14.4. The van der Waals surface area contributed by atoms with Crippen molar-refractivity contribution in [3.05, 3.63) is 29.8 Å². The van der Waals surface area contributed by atoms with Crippen LogP contribution in [0.3, 0.4) is 0 Å². The molecule has 0 aliphatic carbocycles. The molecule has 1 amide bonds. The van der Waals surface area contributed by atoms with Crippen LogP contribution in [-0.2, 0) is 4.79 Å². The van der Waals surface area contributed by atoms with Crippen LogP contribution >= 0.6 is 11.8 Å². The number of carbonyl (C=O) groups is 1. The number of nitrogens with one attached hydrogen (secondary N) is 2. The van der Waals surface area contributed by atoms with Crippen LogP contribution < -0.4 is 10.6 Å². The summed E-state index contributed by atoms with van der Waals surface area (Å²) in [6.07, 6.45) is 2.56. The summed E-state index contributed by atoms with van der Waals surface area (Å²) in [5.74, 6) is 2.45. The molecule has 1 fully saturated rings. The summed E-state index contributed by atoms with van der Waals surface area (Å²) in [7, 11) is 0.